The van der Waals surface area contributed by atoms with Crippen molar-refractivity contribution in [3.63, 3.8) is 0 Å². The first-order valence-electron chi connectivity index (χ1n) is 9.87. The van der Waals surface area contributed by atoms with E-state index in [9.17, 15) is 45.6 Å². The van der Waals surface area contributed by atoms with Gasteiger partial charge in [0.05, 0.1) is 6.61 Å². The molecule has 0 spiro atoms. The zero-order chi connectivity index (χ0) is 24.0. The molecule has 0 aliphatic carbocycles. The molecule has 2 aromatic carbocycles. The monoisotopic (exact) mass is 466 g/mol. The zero-order valence-electron chi connectivity index (χ0n) is 16.8. The molecule has 2 aromatic rings. The second kappa shape index (κ2) is 8.67. The van der Waals surface area contributed by atoms with Crippen LogP contribution >= 0.6 is 0 Å². The van der Waals surface area contributed by atoms with E-state index in [1.54, 1.807) is 0 Å². The van der Waals surface area contributed by atoms with Crippen LogP contribution in [0.3, 0.4) is 0 Å². The molecule has 4 rings (SSSR count). The Morgan fingerprint density at radius 1 is 0.909 bits per heavy atom. The molecule has 0 bridgehead atoms. The summed E-state index contributed by atoms with van der Waals surface area (Å²) in [6.45, 7) is -0.724. The predicted octanol–water partition coefficient (Wildman–Crippen LogP) is -0.990. The lowest BCUT2D eigenvalue weighted by Gasteiger charge is -2.43. The minimum Gasteiger partial charge on any atom is -0.508 e. The van der Waals surface area contributed by atoms with E-state index >= 15 is 0 Å². The van der Waals surface area contributed by atoms with Crippen molar-refractivity contribution in [3.05, 3.63) is 41.5 Å². The van der Waals surface area contributed by atoms with Crippen molar-refractivity contribution in [1.82, 2.24) is 0 Å². The van der Waals surface area contributed by atoms with Gasteiger partial charge in [0.15, 0.2) is 30.0 Å². The van der Waals surface area contributed by atoms with Gasteiger partial charge in [-0.05, 0) is 17.7 Å². The van der Waals surface area contributed by atoms with Crippen molar-refractivity contribution in [2.75, 3.05) is 6.61 Å². The zero-order valence-corrected chi connectivity index (χ0v) is 16.8. The summed E-state index contributed by atoms with van der Waals surface area (Å²) >= 11 is 0. The minimum atomic E-state index is -1.84. The SMILES string of the molecule is O=C1c2c(O)cc(O)cc2O[C@@H](c2ccc(O)c(O)c2)[C@@H]1O[C@@H]1[C@@H](O)[C@H](O)O[C@H](CO)[C@H]1O. The highest BCUT2D eigenvalue weighted by Gasteiger charge is 2.49. The normalized spacial score (nSPS) is 31.6. The topological polar surface area (TPSA) is 207 Å². The molecule has 2 heterocycles. The fourth-order valence-electron chi connectivity index (χ4n) is 3.90. The third kappa shape index (κ3) is 4.04. The van der Waals surface area contributed by atoms with Crippen molar-refractivity contribution < 1.29 is 59.9 Å². The Bertz CT molecular complexity index is 1060. The van der Waals surface area contributed by atoms with Gasteiger partial charge in [-0.3, -0.25) is 4.79 Å². The number of ketones is 1. The summed E-state index contributed by atoms with van der Waals surface area (Å²) in [5, 5.41) is 79.6. The highest BCUT2D eigenvalue weighted by Crippen LogP contribution is 2.44. The van der Waals surface area contributed by atoms with E-state index in [1.807, 2.05) is 0 Å². The van der Waals surface area contributed by atoms with Gasteiger partial charge >= 0.3 is 0 Å². The Morgan fingerprint density at radius 3 is 2.30 bits per heavy atom. The van der Waals surface area contributed by atoms with Crippen LogP contribution in [0, 0.1) is 0 Å². The van der Waals surface area contributed by atoms with Crippen molar-refractivity contribution in [2.24, 2.45) is 0 Å². The highest BCUT2D eigenvalue weighted by molar-refractivity contribution is 6.05. The van der Waals surface area contributed by atoms with E-state index < -0.39 is 78.3 Å². The van der Waals surface area contributed by atoms with Crippen LogP contribution in [0.5, 0.6) is 28.7 Å². The third-order valence-electron chi connectivity index (χ3n) is 5.57. The molecular formula is C21H22O12. The fourth-order valence-corrected chi connectivity index (χ4v) is 3.90. The number of aromatic hydroxyl groups is 4. The number of phenolic OH excluding ortho intramolecular Hbond substituents is 4. The largest absolute Gasteiger partial charge is 0.508 e. The lowest BCUT2D eigenvalue weighted by Crippen LogP contribution is -2.61. The summed E-state index contributed by atoms with van der Waals surface area (Å²) in [4.78, 5) is 13.3. The van der Waals surface area contributed by atoms with Crippen molar-refractivity contribution in [2.45, 2.75) is 42.9 Å². The van der Waals surface area contributed by atoms with Gasteiger partial charge in [0.2, 0.25) is 5.78 Å². The van der Waals surface area contributed by atoms with Gasteiger partial charge < -0.3 is 55.1 Å². The number of fused-ring (bicyclic) bond motifs is 1. The number of Topliss-reactive ketones (excluding diaryl/α,β-unsaturated/α-hetero) is 1. The maximum absolute atomic E-state index is 13.3. The number of rotatable bonds is 4. The number of hydrogen-bond acceptors (Lipinski definition) is 12. The first-order chi connectivity index (χ1) is 15.6. The summed E-state index contributed by atoms with van der Waals surface area (Å²) in [5.74, 6) is -3.04. The molecule has 33 heavy (non-hydrogen) atoms. The number of carbonyl (C=O) groups excluding carboxylic acids is 1. The molecule has 0 amide bonds. The Balaban J connectivity index is 1.78. The molecule has 1 saturated heterocycles. The smallest absolute Gasteiger partial charge is 0.203 e. The van der Waals surface area contributed by atoms with Gasteiger partial charge in [0.1, 0.15) is 47.2 Å². The highest BCUT2D eigenvalue weighted by atomic mass is 16.7. The number of aliphatic hydroxyl groups is 4. The average molecular weight is 466 g/mol. The van der Waals surface area contributed by atoms with Crippen molar-refractivity contribution in [3.8, 4) is 28.7 Å². The van der Waals surface area contributed by atoms with Crippen LogP contribution in [0.15, 0.2) is 30.3 Å². The van der Waals surface area contributed by atoms with Gasteiger partial charge in [-0.25, -0.2) is 0 Å². The van der Waals surface area contributed by atoms with E-state index in [1.165, 1.54) is 6.07 Å². The van der Waals surface area contributed by atoms with Gasteiger partial charge in [-0.1, -0.05) is 6.07 Å². The Labute approximate surface area is 186 Å². The van der Waals surface area contributed by atoms with Crippen molar-refractivity contribution in [1.29, 1.82) is 0 Å². The maximum atomic E-state index is 13.3. The summed E-state index contributed by atoms with van der Waals surface area (Å²) < 4.78 is 16.4. The fraction of sp³-hybridized carbons (Fsp3) is 0.381. The van der Waals surface area contributed by atoms with Crippen LogP contribution in [-0.2, 0) is 9.47 Å². The number of phenols is 4. The molecule has 1 fully saturated rings. The second-order valence-corrected chi connectivity index (χ2v) is 7.74. The number of ether oxygens (including phenoxy) is 3. The summed E-state index contributed by atoms with van der Waals surface area (Å²) in [6.07, 6.45) is -11.3. The average Bonchev–Trinajstić information content (AvgIpc) is 2.76. The molecule has 12 nitrogen and oxygen atoms in total. The lowest BCUT2D eigenvalue weighted by molar-refractivity contribution is -0.300. The van der Waals surface area contributed by atoms with Gasteiger partial charge in [0, 0.05) is 12.1 Å². The van der Waals surface area contributed by atoms with E-state index in [0.717, 1.165) is 24.3 Å². The number of hydrogen-bond donors (Lipinski definition) is 8. The van der Waals surface area contributed by atoms with E-state index in [2.05, 4.69) is 0 Å². The van der Waals surface area contributed by atoms with Crippen LogP contribution < -0.4 is 4.74 Å². The standard InChI is InChI=1S/C21H22O12/c22-6-13-15(27)19(17(29)21(30)32-13)33-20-16(28)14-11(26)4-8(23)5-12(14)31-18(20)7-1-2-9(24)10(25)3-7/h1-5,13,15,17-27,29-30H,6H2/t13-,15-,17-,18+,19+,20-,21-/m1/s1. The quantitative estimate of drug-likeness (QED) is 0.256. The predicted molar refractivity (Wildman–Crippen MR) is 106 cm³/mol. The molecular weight excluding hydrogens is 444 g/mol. The van der Waals surface area contributed by atoms with Crippen LogP contribution in [-0.4, -0.2) is 90.1 Å². The number of carbonyl (C=O) groups is 1. The van der Waals surface area contributed by atoms with Crippen LogP contribution in [0.2, 0.25) is 0 Å². The first kappa shape index (κ1) is 23.0. The maximum Gasteiger partial charge on any atom is 0.203 e. The Morgan fingerprint density at radius 2 is 1.64 bits per heavy atom. The molecule has 2 aliphatic heterocycles. The summed E-state index contributed by atoms with van der Waals surface area (Å²) in [6, 6.07) is 5.54. The molecule has 2 aliphatic rings. The molecule has 178 valence electrons. The molecule has 8 N–H and O–H groups in total. The molecule has 0 unspecified atom stereocenters. The summed E-state index contributed by atoms with van der Waals surface area (Å²) in [7, 11) is 0. The van der Waals surface area contributed by atoms with E-state index in [-0.39, 0.29) is 16.9 Å². The lowest BCUT2D eigenvalue weighted by atomic mass is 9.91. The van der Waals surface area contributed by atoms with Crippen LogP contribution in [0.1, 0.15) is 22.0 Å². The van der Waals surface area contributed by atoms with Gasteiger partial charge in [-0.2, -0.15) is 0 Å². The first-order valence-corrected chi connectivity index (χ1v) is 9.87. The number of benzene rings is 2. The molecule has 0 aromatic heterocycles. The van der Waals surface area contributed by atoms with Crippen LogP contribution in [0.4, 0.5) is 0 Å². The molecule has 0 saturated carbocycles. The summed E-state index contributed by atoms with van der Waals surface area (Å²) in [5.41, 5.74) is -0.209. The van der Waals surface area contributed by atoms with E-state index in [0.29, 0.717) is 0 Å². The third-order valence-corrected chi connectivity index (χ3v) is 5.57. The molecule has 0 radical (unpaired) electrons. The minimum absolute atomic E-state index is 0.132. The van der Waals surface area contributed by atoms with Crippen LogP contribution in [0.25, 0.3) is 0 Å². The number of aliphatic hydroxyl groups excluding tert-OH is 4. The van der Waals surface area contributed by atoms with Gasteiger partial charge in [0.25, 0.3) is 0 Å². The van der Waals surface area contributed by atoms with E-state index in [4.69, 9.17) is 14.2 Å². The molecule has 7 atom stereocenters. The molecule has 12 heteroatoms. The van der Waals surface area contributed by atoms with Gasteiger partial charge in [-0.15, -0.1) is 0 Å². The second-order valence-electron chi connectivity index (χ2n) is 7.74. The van der Waals surface area contributed by atoms with Crippen molar-refractivity contribution >= 4 is 5.78 Å². The Hall–Kier alpha value is -3.13. The Kier molecular flexibility index (Phi) is 6.05.